The van der Waals surface area contributed by atoms with Crippen LogP contribution in [0.2, 0.25) is 0 Å². The molecule has 180 valence electrons. The van der Waals surface area contributed by atoms with Gasteiger partial charge in [0.05, 0.1) is 18.1 Å². The Kier molecular flexibility index (Phi) is 7.46. The van der Waals surface area contributed by atoms with Gasteiger partial charge in [-0.2, -0.15) is 23.5 Å². The van der Waals surface area contributed by atoms with Gasteiger partial charge in [0.15, 0.2) is 5.69 Å². The first-order chi connectivity index (χ1) is 16.1. The van der Waals surface area contributed by atoms with Crippen molar-refractivity contribution in [2.24, 2.45) is 7.05 Å². The number of aromatic nitrogens is 2. The number of hydrogen-bond acceptors (Lipinski definition) is 6. The van der Waals surface area contributed by atoms with Gasteiger partial charge in [-0.1, -0.05) is 25.1 Å². The standard InChI is InChI=1S/C22H22F3N5O3S/c1-12(13-6-4-5-7-16(13)33-3)10-15(19(31)27-9-8-26)28-20(32)17-11-14-18(22(23,24)25)29-30(2)21(14)34-17/h4-7,11-12,15H,9-10H2,1-3H3,(H,27,31)(H,28,32)/t12-,15-/m0/s1. The number of aryl methyl sites for hydroxylation is 1. The number of carbonyl (C=O) groups is 2. The lowest BCUT2D eigenvalue weighted by atomic mass is 9.92. The second kappa shape index (κ2) is 10.1. The van der Waals surface area contributed by atoms with E-state index in [4.69, 9.17) is 10.00 Å². The molecule has 8 nitrogen and oxygen atoms in total. The van der Waals surface area contributed by atoms with Crippen molar-refractivity contribution in [1.29, 1.82) is 5.26 Å². The highest BCUT2D eigenvalue weighted by molar-refractivity contribution is 7.20. The average molecular weight is 494 g/mol. The Hall–Kier alpha value is -3.59. The number of nitriles is 1. The third-order valence-electron chi connectivity index (χ3n) is 5.23. The molecule has 0 saturated heterocycles. The van der Waals surface area contributed by atoms with E-state index >= 15 is 0 Å². The van der Waals surface area contributed by atoms with Crippen molar-refractivity contribution in [3.8, 4) is 11.8 Å². The van der Waals surface area contributed by atoms with Crippen LogP contribution < -0.4 is 15.4 Å². The van der Waals surface area contributed by atoms with Gasteiger partial charge in [-0.3, -0.25) is 14.3 Å². The lowest BCUT2D eigenvalue weighted by Crippen LogP contribution is -2.47. The molecule has 34 heavy (non-hydrogen) atoms. The number of nitrogens with zero attached hydrogens (tertiary/aromatic N) is 3. The fraction of sp³-hybridized carbons (Fsp3) is 0.364. The second-order valence-corrected chi connectivity index (χ2v) is 8.61. The lowest BCUT2D eigenvalue weighted by Gasteiger charge is -2.22. The summed E-state index contributed by atoms with van der Waals surface area (Å²) in [7, 11) is 2.89. The van der Waals surface area contributed by atoms with Gasteiger partial charge in [0.1, 0.15) is 23.2 Å². The summed E-state index contributed by atoms with van der Waals surface area (Å²) in [4.78, 5) is 25.8. The molecule has 2 heterocycles. The molecule has 0 unspecified atom stereocenters. The number of carbonyl (C=O) groups excluding carboxylic acids is 2. The maximum Gasteiger partial charge on any atom is 0.435 e. The number of ether oxygens (including phenoxy) is 1. The van der Waals surface area contributed by atoms with Crippen LogP contribution in [0.3, 0.4) is 0 Å². The zero-order chi connectivity index (χ0) is 25.0. The van der Waals surface area contributed by atoms with Crippen LogP contribution in [0.5, 0.6) is 5.75 Å². The summed E-state index contributed by atoms with van der Waals surface area (Å²) in [6.07, 6.45) is -4.50. The van der Waals surface area contributed by atoms with Gasteiger partial charge in [-0.05, 0) is 30.0 Å². The monoisotopic (exact) mass is 493 g/mol. The lowest BCUT2D eigenvalue weighted by molar-refractivity contribution is -0.140. The Bertz CT molecular complexity index is 1240. The summed E-state index contributed by atoms with van der Waals surface area (Å²) in [5.41, 5.74) is -0.256. The molecule has 0 saturated carbocycles. The molecule has 2 aromatic heterocycles. The molecule has 0 bridgehead atoms. The number of hydrogen-bond donors (Lipinski definition) is 2. The van der Waals surface area contributed by atoms with Crippen molar-refractivity contribution in [1.82, 2.24) is 20.4 Å². The van der Waals surface area contributed by atoms with Gasteiger partial charge in [0.25, 0.3) is 5.91 Å². The highest BCUT2D eigenvalue weighted by Crippen LogP contribution is 2.37. The summed E-state index contributed by atoms with van der Waals surface area (Å²) in [5, 5.41) is 17.1. The van der Waals surface area contributed by atoms with Crippen molar-refractivity contribution in [2.45, 2.75) is 31.5 Å². The zero-order valence-corrected chi connectivity index (χ0v) is 19.4. The molecule has 0 aliphatic heterocycles. The molecule has 2 atom stereocenters. The van der Waals surface area contributed by atoms with Crippen LogP contribution in [0.1, 0.15) is 40.2 Å². The number of methoxy groups -OCH3 is 1. The molecular weight excluding hydrogens is 471 g/mol. The summed E-state index contributed by atoms with van der Waals surface area (Å²) < 4.78 is 46.3. The van der Waals surface area contributed by atoms with Gasteiger partial charge in [0.2, 0.25) is 5.91 Å². The van der Waals surface area contributed by atoms with E-state index in [2.05, 4.69) is 15.7 Å². The Labute approximate surface area is 197 Å². The minimum Gasteiger partial charge on any atom is -0.496 e. The first kappa shape index (κ1) is 25.0. The van der Waals surface area contributed by atoms with Crippen LogP contribution in [0.25, 0.3) is 10.2 Å². The Balaban J connectivity index is 1.87. The van der Waals surface area contributed by atoms with Crippen LogP contribution in [0, 0.1) is 11.3 Å². The quantitative estimate of drug-likeness (QED) is 0.466. The van der Waals surface area contributed by atoms with E-state index in [1.807, 2.05) is 19.1 Å². The first-order valence-electron chi connectivity index (χ1n) is 10.2. The third kappa shape index (κ3) is 5.31. The number of nitrogens with one attached hydrogen (secondary N) is 2. The molecule has 2 amide bonds. The number of para-hydroxylation sites is 1. The van der Waals surface area contributed by atoms with Crippen LogP contribution >= 0.6 is 11.3 Å². The molecule has 3 rings (SSSR count). The normalized spacial score (nSPS) is 13.2. The predicted molar refractivity (Wildman–Crippen MR) is 119 cm³/mol. The fourth-order valence-corrected chi connectivity index (χ4v) is 4.60. The summed E-state index contributed by atoms with van der Waals surface area (Å²) in [6.45, 7) is 1.60. The Morgan fingerprint density at radius 1 is 1.32 bits per heavy atom. The Morgan fingerprint density at radius 2 is 2.03 bits per heavy atom. The molecule has 1 aromatic carbocycles. The zero-order valence-electron chi connectivity index (χ0n) is 18.6. The SMILES string of the molecule is COc1ccccc1[C@@H](C)C[C@H](NC(=O)c1cc2c(C(F)(F)F)nn(C)c2s1)C(=O)NCC#N. The number of fused-ring (bicyclic) bond motifs is 1. The summed E-state index contributed by atoms with van der Waals surface area (Å²) in [6, 6.07) is 9.13. The molecular formula is C22H22F3N5O3S. The van der Waals surface area contributed by atoms with Gasteiger partial charge in [-0.25, -0.2) is 0 Å². The van der Waals surface area contributed by atoms with Crippen molar-refractivity contribution >= 4 is 33.4 Å². The van der Waals surface area contributed by atoms with Gasteiger partial charge < -0.3 is 15.4 Å². The van der Waals surface area contributed by atoms with Gasteiger partial charge >= 0.3 is 6.18 Å². The Morgan fingerprint density at radius 3 is 2.68 bits per heavy atom. The van der Waals surface area contributed by atoms with Crippen LogP contribution in [-0.2, 0) is 18.0 Å². The number of amides is 2. The average Bonchev–Trinajstić information content (AvgIpc) is 3.37. The number of rotatable bonds is 8. The third-order valence-corrected chi connectivity index (χ3v) is 6.43. The number of halogens is 3. The fourth-order valence-electron chi connectivity index (χ4n) is 3.63. The molecule has 12 heteroatoms. The highest BCUT2D eigenvalue weighted by atomic mass is 32.1. The van der Waals surface area contributed by atoms with Crippen molar-refractivity contribution in [3.63, 3.8) is 0 Å². The molecule has 0 radical (unpaired) electrons. The van der Waals surface area contributed by atoms with E-state index in [9.17, 15) is 22.8 Å². The summed E-state index contributed by atoms with van der Waals surface area (Å²) >= 11 is 0.846. The van der Waals surface area contributed by atoms with E-state index in [1.165, 1.54) is 14.2 Å². The molecule has 3 aromatic rings. The smallest absolute Gasteiger partial charge is 0.435 e. The van der Waals surface area contributed by atoms with Crippen LogP contribution in [-0.4, -0.2) is 41.3 Å². The van der Waals surface area contributed by atoms with E-state index in [-0.39, 0.29) is 34.0 Å². The van der Waals surface area contributed by atoms with E-state index in [1.54, 1.807) is 18.2 Å². The highest BCUT2D eigenvalue weighted by Gasteiger charge is 2.37. The second-order valence-electron chi connectivity index (χ2n) is 7.58. The first-order valence-corrected chi connectivity index (χ1v) is 11.0. The molecule has 0 spiro atoms. The van der Waals surface area contributed by atoms with E-state index in [0.29, 0.717) is 5.75 Å². The molecule has 0 aliphatic carbocycles. The van der Waals surface area contributed by atoms with E-state index < -0.39 is 29.7 Å². The van der Waals surface area contributed by atoms with Crippen LogP contribution in [0.4, 0.5) is 13.2 Å². The minimum absolute atomic E-state index is 0.0107. The topological polar surface area (TPSA) is 109 Å². The number of alkyl halides is 3. The van der Waals surface area contributed by atoms with Crippen molar-refractivity contribution in [2.75, 3.05) is 13.7 Å². The van der Waals surface area contributed by atoms with Gasteiger partial charge in [-0.15, -0.1) is 11.3 Å². The molecule has 2 N–H and O–H groups in total. The predicted octanol–water partition coefficient (Wildman–Crippen LogP) is 3.59. The minimum atomic E-state index is -4.67. The number of benzene rings is 1. The van der Waals surface area contributed by atoms with Gasteiger partial charge in [0, 0.05) is 12.4 Å². The summed E-state index contributed by atoms with van der Waals surface area (Å²) in [5.74, 6) is -0.874. The van der Waals surface area contributed by atoms with Crippen LogP contribution in [0.15, 0.2) is 30.3 Å². The maximum atomic E-state index is 13.3. The van der Waals surface area contributed by atoms with Crippen molar-refractivity contribution in [3.05, 3.63) is 46.5 Å². The van der Waals surface area contributed by atoms with Crippen molar-refractivity contribution < 1.29 is 27.5 Å². The molecule has 0 fully saturated rings. The maximum absolute atomic E-state index is 13.3. The number of thiophene rings is 1. The molecule has 0 aliphatic rings. The van der Waals surface area contributed by atoms with E-state index in [0.717, 1.165) is 27.6 Å². The largest absolute Gasteiger partial charge is 0.496 e.